The molecule has 2 heterocycles. The van der Waals surface area contributed by atoms with Gasteiger partial charge in [0.15, 0.2) is 0 Å². The molecule has 94 valence electrons. The first-order valence-corrected chi connectivity index (χ1v) is 6.55. The Hall–Kier alpha value is -1.09. The summed E-state index contributed by atoms with van der Waals surface area (Å²) in [5, 5.41) is 0. The zero-order chi connectivity index (χ0) is 12.4. The number of aryl methyl sites for hydroxylation is 1. The Labute approximate surface area is 103 Å². The first kappa shape index (κ1) is 12.4. The van der Waals surface area contributed by atoms with E-state index in [1.807, 2.05) is 13.0 Å². The quantitative estimate of drug-likeness (QED) is 0.854. The minimum Gasteiger partial charge on any atom is -0.326 e. The Morgan fingerprint density at radius 3 is 2.76 bits per heavy atom. The third kappa shape index (κ3) is 2.60. The van der Waals surface area contributed by atoms with Gasteiger partial charge in [0.05, 0.1) is 0 Å². The van der Waals surface area contributed by atoms with E-state index in [0.717, 1.165) is 5.69 Å². The molecule has 1 aliphatic rings. The fraction of sp³-hybridized carbons (Fsp3) is 0.643. The van der Waals surface area contributed by atoms with E-state index in [0.29, 0.717) is 12.1 Å². The van der Waals surface area contributed by atoms with Gasteiger partial charge in [-0.05, 0) is 45.7 Å². The largest absolute Gasteiger partial charge is 0.326 e. The van der Waals surface area contributed by atoms with Gasteiger partial charge in [-0.25, -0.2) is 0 Å². The number of nitrogens with one attached hydrogen (secondary N) is 1. The number of aromatic nitrogens is 1. The summed E-state index contributed by atoms with van der Waals surface area (Å²) in [7, 11) is 0. The number of rotatable bonds is 2. The molecule has 1 atom stereocenters. The SMILES string of the molecule is Cc1[nH]c(=O)ccc1[C@@H]1CCCCN1C(C)C. The second-order valence-corrected chi connectivity index (χ2v) is 5.25. The number of hydrogen-bond donors (Lipinski definition) is 1. The number of H-pyrrole nitrogens is 1. The average molecular weight is 234 g/mol. The molecule has 0 unspecified atom stereocenters. The second kappa shape index (κ2) is 5.05. The molecule has 0 aliphatic carbocycles. The van der Waals surface area contributed by atoms with Gasteiger partial charge in [0.2, 0.25) is 5.56 Å². The zero-order valence-electron chi connectivity index (χ0n) is 11.0. The third-order valence-electron chi connectivity index (χ3n) is 3.72. The highest BCUT2D eigenvalue weighted by Crippen LogP contribution is 2.32. The monoisotopic (exact) mass is 234 g/mol. The molecule has 0 bridgehead atoms. The molecular formula is C14H22N2O. The van der Waals surface area contributed by atoms with Crippen LogP contribution in [0.25, 0.3) is 0 Å². The van der Waals surface area contributed by atoms with Gasteiger partial charge in [-0.1, -0.05) is 12.5 Å². The van der Waals surface area contributed by atoms with Crippen molar-refractivity contribution in [2.45, 2.75) is 52.1 Å². The van der Waals surface area contributed by atoms with Gasteiger partial charge in [0.1, 0.15) is 0 Å². The van der Waals surface area contributed by atoms with E-state index in [9.17, 15) is 4.79 Å². The fourth-order valence-corrected chi connectivity index (χ4v) is 2.86. The average Bonchev–Trinajstić information content (AvgIpc) is 2.29. The van der Waals surface area contributed by atoms with Crippen LogP contribution >= 0.6 is 0 Å². The molecule has 1 fully saturated rings. The molecule has 0 radical (unpaired) electrons. The Morgan fingerprint density at radius 1 is 1.35 bits per heavy atom. The van der Waals surface area contributed by atoms with Gasteiger partial charge in [-0.2, -0.15) is 0 Å². The number of aromatic amines is 1. The molecule has 1 N–H and O–H groups in total. The van der Waals surface area contributed by atoms with Gasteiger partial charge in [-0.3, -0.25) is 9.69 Å². The molecule has 0 spiro atoms. The van der Waals surface area contributed by atoms with Crippen molar-refractivity contribution in [1.82, 2.24) is 9.88 Å². The van der Waals surface area contributed by atoms with E-state index < -0.39 is 0 Å². The first-order chi connectivity index (χ1) is 8.09. The highest BCUT2D eigenvalue weighted by atomic mass is 16.1. The number of likely N-dealkylation sites (tertiary alicyclic amines) is 1. The van der Waals surface area contributed by atoms with Crippen LogP contribution in [0.15, 0.2) is 16.9 Å². The van der Waals surface area contributed by atoms with Crippen molar-refractivity contribution in [1.29, 1.82) is 0 Å². The summed E-state index contributed by atoms with van der Waals surface area (Å²) in [4.78, 5) is 16.7. The van der Waals surface area contributed by atoms with Crippen molar-refractivity contribution in [2.75, 3.05) is 6.54 Å². The molecule has 1 aromatic rings. The van der Waals surface area contributed by atoms with Gasteiger partial charge in [-0.15, -0.1) is 0 Å². The maximum atomic E-state index is 11.3. The van der Waals surface area contributed by atoms with E-state index in [2.05, 4.69) is 23.7 Å². The number of hydrogen-bond acceptors (Lipinski definition) is 2. The number of pyridine rings is 1. The third-order valence-corrected chi connectivity index (χ3v) is 3.72. The van der Waals surface area contributed by atoms with E-state index >= 15 is 0 Å². The van der Waals surface area contributed by atoms with Gasteiger partial charge < -0.3 is 4.98 Å². The van der Waals surface area contributed by atoms with Crippen molar-refractivity contribution in [3.8, 4) is 0 Å². The molecule has 3 heteroatoms. The minimum atomic E-state index is -0.00171. The van der Waals surface area contributed by atoms with Crippen LogP contribution in [0.3, 0.4) is 0 Å². The summed E-state index contributed by atoms with van der Waals surface area (Å²) in [6, 6.07) is 4.68. The Morgan fingerprint density at radius 2 is 2.12 bits per heavy atom. The fourth-order valence-electron chi connectivity index (χ4n) is 2.86. The van der Waals surface area contributed by atoms with Crippen molar-refractivity contribution in [3.05, 3.63) is 33.7 Å². The standard InChI is InChI=1S/C14H22N2O/c1-10(2)16-9-5-4-6-13(16)12-7-8-14(17)15-11(12)3/h7-8,10,13H,4-6,9H2,1-3H3,(H,15,17)/t13-/m0/s1. The highest BCUT2D eigenvalue weighted by molar-refractivity contribution is 5.23. The molecule has 1 aliphatic heterocycles. The van der Waals surface area contributed by atoms with E-state index in [1.54, 1.807) is 6.07 Å². The van der Waals surface area contributed by atoms with Crippen molar-refractivity contribution >= 4 is 0 Å². The van der Waals surface area contributed by atoms with E-state index in [-0.39, 0.29) is 5.56 Å². The molecule has 0 aromatic carbocycles. The second-order valence-electron chi connectivity index (χ2n) is 5.25. The molecular weight excluding hydrogens is 212 g/mol. The van der Waals surface area contributed by atoms with Crippen LogP contribution in [-0.2, 0) is 0 Å². The molecule has 1 saturated heterocycles. The minimum absolute atomic E-state index is 0.00171. The number of nitrogens with zero attached hydrogens (tertiary/aromatic N) is 1. The lowest BCUT2D eigenvalue weighted by atomic mass is 9.93. The van der Waals surface area contributed by atoms with E-state index in [4.69, 9.17) is 0 Å². The maximum Gasteiger partial charge on any atom is 0.248 e. The zero-order valence-corrected chi connectivity index (χ0v) is 11.0. The molecule has 3 nitrogen and oxygen atoms in total. The van der Waals surface area contributed by atoms with Crippen LogP contribution < -0.4 is 5.56 Å². The summed E-state index contributed by atoms with van der Waals surface area (Å²) in [6.07, 6.45) is 3.77. The van der Waals surface area contributed by atoms with Gasteiger partial charge in [0.25, 0.3) is 0 Å². The van der Waals surface area contributed by atoms with Crippen LogP contribution in [0.2, 0.25) is 0 Å². The number of piperidine rings is 1. The molecule has 0 amide bonds. The Kier molecular flexibility index (Phi) is 3.67. The normalized spacial score (nSPS) is 22.0. The predicted molar refractivity (Wildman–Crippen MR) is 70.2 cm³/mol. The highest BCUT2D eigenvalue weighted by Gasteiger charge is 2.26. The van der Waals surface area contributed by atoms with Crippen molar-refractivity contribution in [3.63, 3.8) is 0 Å². The summed E-state index contributed by atoms with van der Waals surface area (Å²) in [5.41, 5.74) is 2.31. The molecule has 1 aromatic heterocycles. The molecule has 17 heavy (non-hydrogen) atoms. The van der Waals surface area contributed by atoms with E-state index in [1.165, 1.54) is 31.4 Å². The van der Waals surface area contributed by atoms with Crippen LogP contribution in [-0.4, -0.2) is 22.5 Å². The maximum absolute atomic E-state index is 11.3. The van der Waals surface area contributed by atoms with Crippen LogP contribution in [0.5, 0.6) is 0 Å². The lowest BCUT2D eigenvalue weighted by Gasteiger charge is -2.39. The molecule has 0 saturated carbocycles. The summed E-state index contributed by atoms with van der Waals surface area (Å²) in [6.45, 7) is 7.67. The first-order valence-electron chi connectivity index (χ1n) is 6.55. The van der Waals surface area contributed by atoms with Crippen molar-refractivity contribution in [2.24, 2.45) is 0 Å². The smallest absolute Gasteiger partial charge is 0.248 e. The van der Waals surface area contributed by atoms with Crippen LogP contribution in [0, 0.1) is 6.92 Å². The topological polar surface area (TPSA) is 36.1 Å². The lowest BCUT2D eigenvalue weighted by Crippen LogP contribution is -2.39. The van der Waals surface area contributed by atoms with Crippen LogP contribution in [0.4, 0.5) is 0 Å². The summed E-state index contributed by atoms with van der Waals surface area (Å²) < 4.78 is 0. The van der Waals surface area contributed by atoms with Gasteiger partial charge in [0, 0.05) is 23.8 Å². The molecule has 2 rings (SSSR count). The lowest BCUT2D eigenvalue weighted by molar-refractivity contribution is 0.111. The van der Waals surface area contributed by atoms with Gasteiger partial charge >= 0.3 is 0 Å². The summed E-state index contributed by atoms with van der Waals surface area (Å²) in [5.74, 6) is 0. The van der Waals surface area contributed by atoms with Crippen molar-refractivity contribution < 1.29 is 0 Å². The predicted octanol–water partition coefficient (Wildman–Crippen LogP) is 2.62. The Bertz CT molecular complexity index is 436. The van der Waals surface area contributed by atoms with Crippen LogP contribution in [0.1, 0.15) is 50.4 Å². The summed E-state index contributed by atoms with van der Waals surface area (Å²) >= 11 is 0. The Balaban J connectivity index is 2.32.